The average Bonchev–Trinajstić information content (AvgIpc) is 2.62. The highest BCUT2D eigenvalue weighted by molar-refractivity contribution is 6.06. The lowest BCUT2D eigenvalue weighted by Gasteiger charge is -2.05. The van der Waals surface area contributed by atoms with Crippen LogP contribution in [0.5, 0.6) is 11.5 Å². The minimum absolute atomic E-state index is 0.0488. The summed E-state index contributed by atoms with van der Waals surface area (Å²) in [6.45, 7) is 3.60. The molecule has 2 aromatic rings. The predicted octanol–water partition coefficient (Wildman–Crippen LogP) is 4.01. The number of carbonyl (C=O) groups excluding carboxylic acids is 1. The lowest BCUT2D eigenvalue weighted by molar-refractivity contribution is 0.104. The first kappa shape index (κ1) is 17.8. The number of methoxy groups -OCH3 is 1. The maximum absolute atomic E-state index is 12.2. The van der Waals surface area contributed by atoms with Crippen LogP contribution in [-0.4, -0.2) is 32.7 Å². The van der Waals surface area contributed by atoms with Crippen LogP contribution < -0.4 is 9.47 Å². The van der Waals surface area contributed by atoms with Crippen molar-refractivity contribution >= 4 is 11.9 Å². The molecule has 0 unspecified atom stereocenters. The summed E-state index contributed by atoms with van der Waals surface area (Å²) in [5.74, 6) is 1.50. The molecule has 0 saturated heterocycles. The molecule has 0 saturated carbocycles. The van der Waals surface area contributed by atoms with E-state index >= 15 is 0 Å². The number of hydrogen-bond donors (Lipinski definition) is 0. The van der Waals surface area contributed by atoms with Crippen molar-refractivity contribution < 1.29 is 19.0 Å². The summed E-state index contributed by atoms with van der Waals surface area (Å²) in [5.41, 5.74) is 1.57. The Hall–Kier alpha value is -2.59. The zero-order valence-electron chi connectivity index (χ0n) is 14.0. The van der Waals surface area contributed by atoms with Gasteiger partial charge in [0, 0.05) is 12.7 Å². The van der Waals surface area contributed by atoms with E-state index in [4.69, 9.17) is 14.2 Å². The zero-order valence-corrected chi connectivity index (χ0v) is 14.0. The first-order valence-electron chi connectivity index (χ1n) is 7.90. The molecule has 0 atom stereocenters. The van der Waals surface area contributed by atoms with Crippen molar-refractivity contribution in [3.63, 3.8) is 0 Å². The minimum Gasteiger partial charge on any atom is -0.494 e. The molecule has 0 amide bonds. The maximum atomic E-state index is 12.2. The van der Waals surface area contributed by atoms with Crippen molar-refractivity contribution in [3.8, 4) is 11.5 Å². The third-order valence-electron chi connectivity index (χ3n) is 3.31. The maximum Gasteiger partial charge on any atom is 0.185 e. The summed E-state index contributed by atoms with van der Waals surface area (Å²) >= 11 is 0. The van der Waals surface area contributed by atoms with Crippen LogP contribution >= 0.6 is 0 Å². The Labute approximate surface area is 142 Å². The average molecular weight is 326 g/mol. The Morgan fingerprint density at radius 2 is 1.54 bits per heavy atom. The van der Waals surface area contributed by atoms with Crippen molar-refractivity contribution in [1.29, 1.82) is 0 Å². The van der Waals surface area contributed by atoms with Crippen LogP contribution in [-0.2, 0) is 4.74 Å². The van der Waals surface area contributed by atoms with E-state index < -0.39 is 0 Å². The van der Waals surface area contributed by atoms with Gasteiger partial charge in [-0.05, 0) is 55.0 Å². The van der Waals surface area contributed by atoms with Gasteiger partial charge in [-0.25, -0.2) is 0 Å². The summed E-state index contributed by atoms with van der Waals surface area (Å²) in [5, 5.41) is 0. The van der Waals surface area contributed by atoms with Gasteiger partial charge in [0.05, 0.1) is 13.2 Å². The Morgan fingerprint density at radius 3 is 2.17 bits per heavy atom. The number of carbonyl (C=O) groups is 1. The molecule has 0 aromatic heterocycles. The first-order chi connectivity index (χ1) is 11.7. The summed E-state index contributed by atoms with van der Waals surface area (Å²) in [7, 11) is 1.63. The highest BCUT2D eigenvalue weighted by Gasteiger charge is 2.02. The van der Waals surface area contributed by atoms with Gasteiger partial charge in [-0.1, -0.05) is 18.2 Å². The third kappa shape index (κ3) is 5.56. The molecule has 0 N–H and O–H groups in total. The van der Waals surface area contributed by atoms with Gasteiger partial charge in [0.1, 0.15) is 18.1 Å². The summed E-state index contributed by atoms with van der Waals surface area (Å²) in [4.78, 5) is 12.2. The van der Waals surface area contributed by atoms with Gasteiger partial charge in [-0.3, -0.25) is 4.79 Å². The van der Waals surface area contributed by atoms with E-state index in [1.54, 1.807) is 43.5 Å². The first-order valence-corrected chi connectivity index (χ1v) is 7.90. The number of rotatable bonds is 9. The van der Waals surface area contributed by atoms with Gasteiger partial charge < -0.3 is 14.2 Å². The lowest BCUT2D eigenvalue weighted by Crippen LogP contribution is -2.04. The summed E-state index contributed by atoms with van der Waals surface area (Å²) in [6.07, 6.45) is 3.36. The van der Waals surface area contributed by atoms with E-state index in [1.165, 1.54) is 0 Å². The molecule has 126 valence electrons. The molecular formula is C20H22O4. The largest absolute Gasteiger partial charge is 0.494 e. The van der Waals surface area contributed by atoms with Crippen molar-refractivity contribution in [2.75, 3.05) is 26.9 Å². The van der Waals surface area contributed by atoms with Gasteiger partial charge in [0.2, 0.25) is 0 Å². The molecule has 24 heavy (non-hydrogen) atoms. The Balaban J connectivity index is 1.93. The van der Waals surface area contributed by atoms with Crippen molar-refractivity contribution in [2.24, 2.45) is 0 Å². The quantitative estimate of drug-likeness (QED) is 0.397. The van der Waals surface area contributed by atoms with E-state index in [-0.39, 0.29) is 5.78 Å². The Kier molecular flexibility index (Phi) is 7.05. The van der Waals surface area contributed by atoms with Crippen molar-refractivity contribution in [3.05, 3.63) is 65.7 Å². The topological polar surface area (TPSA) is 44.8 Å². The lowest BCUT2D eigenvalue weighted by atomic mass is 10.1. The van der Waals surface area contributed by atoms with Gasteiger partial charge in [0.25, 0.3) is 0 Å². The van der Waals surface area contributed by atoms with E-state index in [0.29, 0.717) is 25.4 Å². The molecule has 4 heteroatoms. The SMILES string of the molecule is CCOc1ccc(/C=C/C(=O)c2ccc(OCCOC)cc2)cc1. The van der Waals surface area contributed by atoms with Crippen LogP contribution in [0.1, 0.15) is 22.8 Å². The van der Waals surface area contributed by atoms with Crippen LogP contribution in [0.15, 0.2) is 54.6 Å². The Bertz CT molecular complexity index is 657. The van der Waals surface area contributed by atoms with Crippen molar-refractivity contribution in [1.82, 2.24) is 0 Å². The minimum atomic E-state index is -0.0488. The zero-order chi connectivity index (χ0) is 17.2. The van der Waals surface area contributed by atoms with E-state index in [0.717, 1.165) is 17.1 Å². The fourth-order valence-electron chi connectivity index (χ4n) is 2.07. The van der Waals surface area contributed by atoms with Crippen LogP contribution in [0.4, 0.5) is 0 Å². The number of hydrogen-bond acceptors (Lipinski definition) is 4. The molecule has 0 fully saturated rings. The molecule has 0 bridgehead atoms. The molecule has 0 radical (unpaired) electrons. The van der Waals surface area contributed by atoms with Gasteiger partial charge in [-0.2, -0.15) is 0 Å². The van der Waals surface area contributed by atoms with Crippen LogP contribution in [0.3, 0.4) is 0 Å². The predicted molar refractivity (Wildman–Crippen MR) is 94.8 cm³/mol. The number of allylic oxidation sites excluding steroid dienone is 1. The van der Waals surface area contributed by atoms with Crippen molar-refractivity contribution in [2.45, 2.75) is 6.92 Å². The number of ketones is 1. The fourth-order valence-corrected chi connectivity index (χ4v) is 2.07. The highest BCUT2D eigenvalue weighted by atomic mass is 16.5. The Morgan fingerprint density at radius 1 is 0.917 bits per heavy atom. The van der Waals surface area contributed by atoms with E-state index in [9.17, 15) is 4.79 Å². The van der Waals surface area contributed by atoms with Gasteiger partial charge in [-0.15, -0.1) is 0 Å². The fraction of sp³-hybridized carbons (Fsp3) is 0.250. The van der Waals surface area contributed by atoms with Gasteiger partial charge in [0.15, 0.2) is 5.78 Å². The molecule has 0 aliphatic carbocycles. The van der Waals surface area contributed by atoms with Crippen LogP contribution in [0.2, 0.25) is 0 Å². The molecule has 4 nitrogen and oxygen atoms in total. The monoisotopic (exact) mass is 326 g/mol. The normalized spacial score (nSPS) is 10.8. The molecule has 0 spiro atoms. The number of benzene rings is 2. The standard InChI is InChI=1S/C20H22O4/c1-3-23-18-9-4-16(5-10-18)6-13-20(21)17-7-11-19(12-8-17)24-15-14-22-2/h4-13H,3,14-15H2,1-2H3/b13-6+. The van der Waals surface area contributed by atoms with E-state index in [1.807, 2.05) is 31.2 Å². The second kappa shape index (κ2) is 9.53. The number of ether oxygens (including phenoxy) is 3. The molecule has 0 aliphatic rings. The second-order valence-corrected chi connectivity index (χ2v) is 5.07. The second-order valence-electron chi connectivity index (χ2n) is 5.07. The molecule has 2 rings (SSSR count). The molecular weight excluding hydrogens is 304 g/mol. The van der Waals surface area contributed by atoms with Crippen LogP contribution in [0.25, 0.3) is 6.08 Å². The van der Waals surface area contributed by atoms with Crippen LogP contribution in [0, 0.1) is 0 Å². The third-order valence-corrected chi connectivity index (χ3v) is 3.31. The summed E-state index contributed by atoms with van der Waals surface area (Å²) in [6, 6.07) is 14.7. The summed E-state index contributed by atoms with van der Waals surface area (Å²) < 4.78 is 15.8. The van der Waals surface area contributed by atoms with Gasteiger partial charge >= 0.3 is 0 Å². The smallest absolute Gasteiger partial charge is 0.185 e. The highest BCUT2D eigenvalue weighted by Crippen LogP contribution is 2.15. The molecule has 0 heterocycles. The van der Waals surface area contributed by atoms with E-state index in [2.05, 4.69) is 0 Å². The molecule has 2 aromatic carbocycles. The molecule has 0 aliphatic heterocycles.